The molecule has 1 aliphatic rings. The minimum atomic E-state index is 0.193. The van der Waals surface area contributed by atoms with Crippen molar-refractivity contribution >= 4 is 5.91 Å². The maximum Gasteiger partial charge on any atom is 0.253 e. The number of nitrogens with zero attached hydrogens (tertiary/aromatic N) is 1. The Kier molecular flexibility index (Phi) is 6.24. The zero-order chi connectivity index (χ0) is 15.1. The fraction of sp³-hybridized carbons (Fsp3) is 0.611. The molecule has 1 aromatic rings. The lowest BCUT2D eigenvalue weighted by molar-refractivity contribution is 0.0716. The average molecular weight is 288 g/mol. The Hall–Kier alpha value is -1.35. The van der Waals surface area contributed by atoms with Gasteiger partial charge in [-0.3, -0.25) is 4.79 Å². The van der Waals surface area contributed by atoms with Gasteiger partial charge in [0.25, 0.3) is 5.91 Å². The van der Waals surface area contributed by atoms with Crippen LogP contribution in [0.2, 0.25) is 0 Å². The number of benzene rings is 1. The van der Waals surface area contributed by atoms with E-state index in [-0.39, 0.29) is 5.91 Å². The van der Waals surface area contributed by atoms with E-state index in [0.717, 1.165) is 44.6 Å². The molecule has 0 atom stereocenters. The first-order valence-electron chi connectivity index (χ1n) is 8.33. The zero-order valence-electron chi connectivity index (χ0n) is 13.4. The SMILES string of the molecule is CCCN(CC1CCNCC1)C(=O)c1ccc(CC)cc1. The van der Waals surface area contributed by atoms with Crippen LogP contribution in [0.1, 0.15) is 49.0 Å². The molecular weight excluding hydrogens is 260 g/mol. The van der Waals surface area contributed by atoms with E-state index >= 15 is 0 Å². The second-order valence-corrected chi connectivity index (χ2v) is 6.00. The summed E-state index contributed by atoms with van der Waals surface area (Å²) < 4.78 is 0. The molecule has 0 aliphatic carbocycles. The molecule has 3 nitrogen and oxygen atoms in total. The Balaban J connectivity index is 2.02. The number of nitrogens with one attached hydrogen (secondary N) is 1. The molecule has 1 N–H and O–H groups in total. The highest BCUT2D eigenvalue weighted by atomic mass is 16.2. The number of hydrogen-bond donors (Lipinski definition) is 1. The summed E-state index contributed by atoms with van der Waals surface area (Å²) in [5.41, 5.74) is 2.11. The summed E-state index contributed by atoms with van der Waals surface area (Å²) in [4.78, 5) is 14.8. The lowest BCUT2D eigenvalue weighted by Crippen LogP contribution is -2.39. The van der Waals surface area contributed by atoms with Crippen LogP contribution >= 0.6 is 0 Å². The monoisotopic (exact) mass is 288 g/mol. The minimum absolute atomic E-state index is 0.193. The number of carbonyl (C=O) groups excluding carboxylic acids is 1. The van der Waals surface area contributed by atoms with Crippen molar-refractivity contribution in [2.45, 2.75) is 39.5 Å². The van der Waals surface area contributed by atoms with Gasteiger partial charge in [0.2, 0.25) is 0 Å². The summed E-state index contributed by atoms with van der Waals surface area (Å²) in [5, 5.41) is 3.39. The van der Waals surface area contributed by atoms with Gasteiger partial charge in [0.15, 0.2) is 0 Å². The average Bonchev–Trinajstić information content (AvgIpc) is 2.55. The molecule has 0 spiro atoms. The molecule has 1 amide bonds. The van der Waals surface area contributed by atoms with E-state index in [9.17, 15) is 4.79 Å². The summed E-state index contributed by atoms with van der Waals surface area (Å²) in [6, 6.07) is 8.10. The van der Waals surface area contributed by atoms with Crippen molar-refractivity contribution in [1.82, 2.24) is 10.2 Å². The number of hydrogen-bond acceptors (Lipinski definition) is 2. The number of amides is 1. The second-order valence-electron chi connectivity index (χ2n) is 6.00. The van der Waals surface area contributed by atoms with Crippen LogP contribution in [0.4, 0.5) is 0 Å². The first-order valence-corrected chi connectivity index (χ1v) is 8.33. The maximum absolute atomic E-state index is 12.7. The highest BCUT2D eigenvalue weighted by molar-refractivity contribution is 5.94. The summed E-state index contributed by atoms with van der Waals surface area (Å²) in [5.74, 6) is 0.842. The molecule has 2 rings (SSSR count). The Morgan fingerprint density at radius 1 is 1.19 bits per heavy atom. The van der Waals surface area contributed by atoms with Crippen LogP contribution in [0.5, 0.6) is 0 Å². The van der Waals surface area contributed by atoms with Gasteiger partial charge < -0.3 is 10.2 Å². The quantitative estimate of drug-likeness (QED) is 0.872. The van der Waals surface area contributed by atoms with Gasteiger partial charge in [0.1, 0.15) is 0 Å². The van der Waals surface area contributed by atoms with Crippen LogP contribution in [0.25, 0.3) is 0 Å². The predicted octanol–water partition coefficient (Wildman–Crippen LogP) is 3.10. The molecule has 1 saturated heterocycles. The Labute approximate surface area is 128 Å². The van der Waals surface area contributed by atoms with Crippen LogP contribution in [-0.2, 0) is 6.42 Å². The molecule has 21 heavy (non-hydrogen) atoms. The summed E-state index contributed by atoms with van der Waals surface area (Å²) in [6.45, 7) is 8.22. The largest absolute Gasteiger partial charge is 0.338 e. The molecule has 0 unspecified atom stereocenters. The molecule has 0 aromatic heterocycles. The Morgan fingerprint density at radius 2 is 1.86 bits per heavy atom. The van der Waals surface area contributed by atoms with Gasteiger partial charge in [-0.05, 0) is 62.4 Å². The summed E-state index contributed by atoms with van der Waals surface area (Å²) in [7, 11) is 0. The van der Waals surface area contributed by atoms with Crippen LogP contribution < -0.4 is 5.32 Å². The highest BCUT2D eigenvalue weighted by Crippen LogP contribution is 2.16. The topological polar surface area (TPSA) is 32.3 Å². The molecule has 1 aliphatic heterocycles. The lowest BCUT2D eigenvalue weighted by Gasteiger charge is -2.30. The molecule has 0 saturated carbocycles. The third-order valence-corrected chi connectivity index (χ3v) is 4.33. The van der Waals surface area contributed by atoms with Crippen molar-refractivity contribution in [3.8, 4) is 0 Å². The van der Waals surface area contributed by atoms with E-state index in [1.807, 2.05) is 12.1 Å². The Bertz CT molecular complexity index is 435. The van der Waals surface area contributed by atoms with Crippen molar-refractivity contribution < 1.29 is 4.79 Å². The molecule has 1 aromatic carbocycles. The fourth-order valence-electron chi connectivity index (χ4n) is 2.99. The smallest absolute Gasteiger partial charge is 0.253 e. The first kappa shape index (κ1) is 16.0. The zero-order valence-corrected chi connectivity index (χ0v) is 13.4. The molecule has 3 heteroatoms. The molecule has 1 heterocycles. The second kappa shape index (κ2) is 8.18. The molecular formula is C18H28N2O. The van der Waals surface area contributed by atoms with Gasteiger partial charge in [0.05, 0.1) is 0 Å². The van der Waals surface area contributed by atoms with Gasteiger partial charge in [-0.15, -0.1) is 0 Å². The van der Waals surface area contributed by atoms with Gasteiger partial charge in [0, 0.05) is 18.7 Å². The number of carbonyl (C=O) groups is 1. The van der Waals surface area contributed by atoms with E-state index in [1.165, 1.54) is 18.4 Å². The molecule has 116 valence electrons. The fourth-order valence-corrected chi connectivity index (χ4v) is 2.99. The standard InChI is InChI=1S/C18H28N2O/c1-3-13-20(14-16-9-11-19-12-10-16)18(21)17-7-5-15(4-2)6-8-17/h5-8,16,19H,3-4,9-14H2,1-2H3. The van der Waals surface area contributed by atoms with E-state index in [2.05, 4.69) is 36.2 Å². The van der Waals surface area contributed by atoms with Crippen LogP contribution in [-0.4, -0.2) is 37.0 Å². The van der Waals surface area contributed by atoms with Gasteiger partial charge in [-0.1, -0.05) is 26.0 Å². The highest BCUT2D eigenvalue weighted by Gasteiger charge is 2.21. The van der Waals surface area contributed by atoms with Crippen molar-refractivity contribution in [2.24, 2.45) is 5.92 Å². The predicted molar refractivity (Wildman–Crippen MR) is 87.6 cm³/mol. The van der Waals surface area contributed by atoms with Crippen molar-refractivity contribution in [3.63, 3.8) is 0 Å². The summed E-state index contributed by atoms with van der Waals surface area (Å²) >= 11 is 0. The van der Waals surface area contributed by atoms with E-state index < -0.39 is 0 Å². The van der Waals surface area contributed by atoms with Crippen molar-refractivity contribution in [3.05, 3.63) is 35.4 Å². The number of aryl methyl sites for hydroxylation is 1. The normalized spacial score (nSPS) is 15.9. The van der Waals surface area contributed by atoms with Gasteiger partial charge in [-0.2, -0.15) is 0 Å². The number of rotatable bonds is 6. The third kappa shape index (κ3) is 4.57. The van der Waals surface area contributed by atoms with E-state index in [1.54, 1.807) is 0 Å². The van der Waals surface area contributed by atoms with Crippen molar-refractivity contribution in [2.75, 3.05) is 26.2 Å². The maximum atomic E-state index is 12.7. The van der Waals surface area contributed by atoms with Gasteiger partial charge in [-0.25, -0.2) is 0 Å². The molecule has 1 fully saturated rings. The minimum Gasteiger partial charge on any atom is -0.338 e. The molecule has 0 bridgehead atoms. The molecule has 0 radical (unpaired) electrons. The summed E-state index contributed by atoms with van der Waals surface area (Å²) in [6.07, 6.45) is 4.40. The van der Waals surface area contributed by atoms with E-state index in [4.69, 9.17) is 0 Å². The Morgan fingerprint density at radius 3 is 2.43 bits per heavy atom. The van der Waals surface area contributed by atoms with Crippen molar-refractivity contribution in [1.29, 1.82) is 0 Å². The van der Waals surface area contributed by atoms with Crippen LogP contribution in [0.3, 0.4) is 0 Å². The number of piperidine rings is 1. The van der Waals surface area contributed by atoms with E-state index in [0.29, 0.717) is 5.92 Å². The van der Waals surface area contributed by atoms with Crippen LogP contribution in [0, 0.1) is 5.92 Å². The third-order valence-electron chi connectivity index (χ3n) is 4.33. The van der Waals surface area contributed by atoms with Crippen LogP contribution in [0.15, 0.2) is 24.3 Å². The first-order chi connectivity index (χ1) is 10.2. The van der Waals surface area contributed by atoms with Gasteiger partial charge >= 0.3 is 0 Å². The lowest BCUT2D eigenvalue weighted by atomic mass is 9.97.